The minimum absolute atomic E-state index is 0.612. The van der Waals surface area contributed by atoms with E-state index in [1.807, 2.05) is 42.6 Å². The minimum Gasteiger partial charge on any atom is -0.398 e. The van der Waals surface area contributed by atoms with Gasteiger partial charge in [0.2, 0.25) is 0 Å². The average molecular weight is 514 g/mol. The number of nitrogens with two attached hydrogens (primary N) is 1. The highest BCUT2D eigenvalue weighted by Gasteiger charge is 2.12. The van der Waals surface area contributed by atoms with Crippen LogP contribution in [0.15, 0.2) is 91.8 Å². The predicted molar refractivity (Wildman–Crippen MR) is 165 cm³/mol. The fourth-order valence-electron chi connectivity index (χ4n) is 3.31. The van der Waals surface area contributed by atoms with Gasteiger partial charge in [0.25, 0.3) is 0 Å². The lowest BCUT2D eigenvalue weighted by Crippen LogP contribution is -2.15. The summed E-state index contributed by atoms with van der Waals surface area (Å²) in [4.78, 5) is 7.47. The molecule has 2 heterocycles. The monoisotopic (exact) mass is 513 g/mol. The van der Waals surface area contributed by atoms with Gasteiger partial charge in [-0.3, -0.25) is 4.98 Å². The van der Waals surface area contributed by atoms with Crippen molar-refractivity contribution in [3.8, 4) is 10.4 Å². The maximum absolute atomic E-state index is 7.60. The summed E-state index contributed by atoms with van der Waals surface area (Å²) in [5, 5.41) is 12.0. The molecule has 0 unspecified atom stereocenters. The second-order valence-electron chi connectivity index (χ2n) is 8.76. The summed E-state index contributed by atoms with van der Waals surface area (Å²) in [6.45, 7) is 12.9. The number of likely N-dealkylation sites (N-methyl/N-ethyl adjacent to an activating group) is 1. The maximum atomic E-state index is 7.60. The number of anilines is 2. The zero-order valence-corrected chi connectivity index (χ0v) is 23.2. The van der Waals surface area contributed by atoms with Gasteiger partial charge in [0, 0.05) is 68.8 Å². The van der Waals surface area contributed by atoms with Crippen molar-refractivity contribution >= 4 is 39.0 Å². The maximum Gasteiger partial charge on any atom is 0.0492 e. The van der Waals surface area contributed by atoms with Crippen LogP contribution in [0.4, 0.5) is 11.4 Å². The third-order valence-corrected chi connectivity index (χ3v) is 6.30. The van der Waals surface area contributed by atoms with E-state index in [2.05, 4.69) is 80.6 Å². The molecule has 0 bridgehead atoms. The molecule has 0 saturated carbocycles. The lowest BCUT2D eigenvalue weighted by Gasteiger charge is -2.12. The molecule has 5 nitrogen and oxygen atoms in total. The molecule has 6 heteroatoms. The van der Waals surface area contributed by atoms with Crippen LogP contribution < -0.4 is 11.1 Å². The van der Waals surface area contributed by atoms with Crippen molar-refractivity contribution in [1.29, 1.82) is 5.41 Å². The lowest BCUT2D eigenvalue weighted by atomic mass is 10.0. The molecular weight excluding hydrogens is 474 g/mol. The zero-order chi connectivity index (χ0) is 27.2. The van der Waals surface area contributed by atoms with Crippen molar-refractivity contribution in [1.82, 2.24) is 9.88 Å². The van der Waals surface area contributed by atoms with E-state index in [0.717, 1.165) is 29.1 Å². The molecule has 0 aliphatic carbocycles. The van der Waals surface area contributed by atoms with Crippen LogP contribution in [-0.2, 0) is 6.42 Å². The van der Waals surface area contributed by atoms with E-state index in [1.54, 1.807) is 17.4 Å². The molecule has 194 valence electrons. The van der Waals surface area contributed by atoms with Gasteiger partial charge in [-0.15, -0.1) is 11.3 Å². The first-order chi connectivity index (χ1) is 17.8. The first-order valence-electron chi connectivity index (χ1n) is 12.4. The number of nitrogen functional groups attached to an aromatic ring is 1. The van der Waals surface area contributed by atoms with Crippen molar-refractivity contribution in [2.24, 2.45) is 0 Å². The number of nitrogens with zero attached hydrogens (tertiary/aromatic N) is 2. The summed E-state index contributed by atoms with van der Waals surface area (Å²) in [7, 11) is 4.14. The fourth-order valence-corrected chi connectivity index (χ4v) is 4.40. The van der Waals surface area contributed by atoms with Gasteiger partial charge in [0.1, 0.15) is 0 Å². The average Bonchev–Trinajstić information content (AvgIpc) is 3.34. The number of aromatic nitrogens is 1. The largest absolute Gasteiger partial charge is 0.398 e. The number of rotatable bonds is 8. The number of benzene rings is 2. The molecule has 4 N–H and O–H groups in total. The fraction of sp³-hybridized carbons (Fsp3) is 0.226. The van der Waals surface area contributed by atoms with E-state index in [1.165, 1.54) is 28.4 Å². The summed E-state index contributed by atoms with van der Waals surface area (Å²) >= 11 is 1.69. The normalized spacial score (nSPS) is 10.1. The van der Waals surface area contributed by atoms with Crippen LogP contribution in [0.3, 0.4) is 0 Å². The smallest absolute Gasteiger partial charge is 0.0492 e. The van der Waals surface area contributed by atoms with Gasteiger partial charge < -0.3 is 21.4 Å². The van der Waals surface area contributed by atoms with Gasteiger partial charge in [-0.1, -0.05) is 57.7 Å². The van der Waals surface area contributed by atoms with Crippen LogP contribution >= 0.6 is 11.3 Å². The van der Waals surface area contributed by atoms with Crippen molar-refractivity contribution < 1.29 is 0 Å². The van der Waals surface area contributed by atoms with E-state index in [-0.39, 0.29) is 0 Å². The van der Waals surface area contributed by atoms with Gasteiger partial charge in [-0.25, -0.2) is 0 Å². The highest BCUT2D eigenvalue weighted by atomic mass is 32.1. The van der Waals surface area contributed by atoms with E-state index >= 15 is 0 Å². The quantitative estimate of drug-likeness (QED) is 0.127. The first kappa shape index (κ1) is 29.5. The van der Waals surface area contributed by atoms with Crippen molar-refractivity contribution in [2.75, 3.05) is 31.7 Å². The molecular formula is C31H39N5S. The molecule has 0 saturated heterocycles. The molecule has 0 fully saturated rings. The highest BCUT2D eigenvalue weighted by Crippen LogP contribution is 2.39. The van der Waals surface area contributed by atoms with Crippen LogP contribution in [0.25, 0.3) is 20.5 Å². The summed E-state index contributed by atoms with van der Waals surface area (Å²) in [6.07, 6.45) is 7.05. The highest BCUT2D eigenvalue weighted by molar-refractivity contribution is 7.22. The Morgan fingerprint density at radius 2 is 1.81 bits per heavy atom. The van der Waals surface area contributed by atoms with Crippen molar-refractivity contribution in [3.05, 3.63) is 103 Å². The molecule has 4 rings (SSSR count). The number of fused-ring (bicyclic) bond motifs is 1. The molecule has 0 spiro atoms. The number of pyridine rings is 1. The molecule has 0 amide bonds. The Bertz CT molecular complexity index is 1260. The van der Waals surface area contributed by atoms with Gasteiger partial charge in [-0.05, 0) is 62.0 Å². The Kier molecular flexibility index (Phi) is 12.3. The third kappa shape index (κ3) is 9.33. The number of hydrogen-bond acceptors (Lipinski definition) is 6. The van der Waals surface area contributed by atoms with Crippen LogP contribution in [0.1, 0.15) is 31.5 Å². The minimum atomic E-state index is 0.612. The molecule has 2 aromatic carbocycles. The molecule has 0 radical (unpaired) electrons. The standard InChI is InChI=1S/C19H17N3S.C9H14N2.C3H8/c1-3-12(2)22-15-8-14(11-20)19(21)16(10-15)18-9-13-6-4-5-7-17(13)23-18;1-11(2)8-6-9-5-3-4-7-10-9;1-3-2/h3-11,20,22H,1-2,21H2;3-5,7H,6,8H2,1-2H3;3H2,1-2H3. The SMILES string of the molecule is C=CC(=C)Nc1cc(C=N)c(N)c(-c2cc3ccccc3s2)c1.CCC.CN(C)CCc1ccccn1. The van der Waals surface area contributed by atoms with Gasteiger partial charge >= 0.3 is 0 Å². The molecule has 37 heavy (non-hydrogen) atoms. The second-order valence-corrected chi connectivity index (χ2v) is 9.84. The molecule has 2 aromatic heterocycles. The topological polar surface area (TPSA) is 78.0 Å². The van der Waals surface area contributed by atoms with Crippen LogP contribution in [0, 0.1) is 5.41 Å². The summed E-state index contributed by atoms with van der Waals surface area (Å²) in [5.41, 5.74) is 11.2. The molecule has 0 aliphatic heterocycles. The number of nitrogens with one attached hydrogen (secondary N) is 2. The Morgan fingerprint density at radius 1 is 1.11 bits per heavy atom. The van der Waals surface area contributed by atoms with E-state index in [0.29, 0.717) is 16.9 Å². The summed E-state index contributed by atoms with van der Waals surface area (Å²) in [5.74, 6) is 0. The van der Waals surface area contributed by atoms with Gasteiger partial charge in [0.05, 0.1) is 0 Å². The Balaban J connectivity index is 0.000000287. The first-order valence-corrected chi connectivity index (χ1v) is 13.2. The Hall–Kier alpha value is -3.74. The van der Waals surface area contributed by atoms with Gasteiger partial charge in [-0.2, -0.15) is 0 Å². The van der Waals surface area contributed by atoms with Gasteiger partial charge in [0.15, 0.2) is 0 Å². The molecule has 0 aliphatic rings. The van der Waals surface area contributed by atoms with E-state index < -0.39 is 0 Å². The molecule has 0 atom stereocenters. The Labute approximate surface area is 225 Å². The summed E-state index contributed by atoms with van der Waals surface area (Å²) < 4.78 is 1.21. The Morgan fingerprint density at radius 3 is 2.41 bits per heavy atom. The lowest BCUT2D eigenvalue weighted by molar-refractivity contribution is 0.412. The van der Waals surface area contributed by atoms with E-state index in [9.17, 15) is 0 Å². The van der Waals surface area contributed by atoms with Crippen LogP contribution in [-0.4, -0.2) is 36.7 Å². The molecule has 4 aromatic rings. The van der Waals surface area contributed by atoms with E-state index in [4.69, 9.17) is 11.1 Å². The predicted octanol–water partition coefficient (Wildman–Crippen LogP) is 7.86. The third-order valence-electron chi connectivity index (χ3n) is 5.15. The zero-order valence-electron chi connectivity index (χ0n) is 22.4. The van der Waals surface area contributed by atoms with Crippen molar-refractivity contribution in [3.63, 3.8) is 0 Å². The summed E-state index contributed by atoms with van der Waals surface area (Å²) in [6, 6.07) is 20.2. The number of thiophene rings is 1. The number of hydrogen-bond donors (Lipinski definition) is 3. The second kappa shape index (κ2) is 15.4. The van der Waals surface area contributed by atoms with Crippen LogP contribution in [0.2, 0.25) is 0 Å². The van der Waals surface area contributed by atoms with Crippen molar-refractivity contribution in [2.45, 2.75) is 26.7 Å². The number of allylic oxidation sites excluding steroid dienone is 1. The van der Waals surface area contributed by atoms with Crippen LogP contribution in [0.5, 0.6) is 0 Å².